The molecule has 0 aliphatic heterocycles. The molecule has 0 aliphatic carbocycles. The summed E-state index contributed by atoms with van der Waals surface area (Å²) >= 11 is 0. The van der Waals surface area contributed by atoms with Crippen molar-refractivity contribution in [3.05, 3.63) is 23.3 Å². The largest absolute Gasteiger partial charge is 0.493 e. The molecular formula is C16H24O5. The van der Waals surface area contributed by atoms with Crippen molar-refractivity contribution in [2.75, 3.05) is 14.2 Å². The minimum atomic E-state index is -0.865. The highest BCUT2D eigenvalue weighted by Crippen LogP contribution is 2.38. The van der Waals surface area contributed by atoms with Crippen molar-refractivity contribution in [1.29, 1.82) is 0 Å². The number of rotatable bonds is 7. The van der Waals surface area contributed by atoms with Crippen molar-refractivity contribution in [2.45, 2.75) is 39.7 Å². The monoisotopic (exact) mass is 296 g/mol. The molecule has 0 spiro atoms. The Balaban J connectivity index is 3.02. The van der Waals surface area contributed by atoms with Crippen molar-refractivity contribution in [1.82, 2.24) is 0 Å². The number of methoxy groups -OCH3 is 2. The van der Waals surface area contributed by atoms with Gasteiger partial charge in [0.1, 0.15) is 0 Å². The predicted molar refractivity (Wildman–Crippen MR) is 79.9 cm³/mol. The van der Waals surface area contributed by atoms with Gasteiger partial charge in [-0.2, -0.15) is 0 Å². The molecule has 1 atom stereocenters. The maximum atomic E-state index is 10.9. The molecule has 0 amide bonds. The predicted octanol–water partition coefficient (Wildman–Crippen LogP) is 2.94. The third kappa shape index (κ3) is 4.63. The number of hydrogen-bond acceptors (Lipinski definition) is 4. The number of carboxylic acid groups (broad SMARTS) is 1. The molecule has 0 aromatic heterocycles. The zero-order valence-electron chi connectivity index (χ0n) is 13.3. The fourth-order valence-corrected chi connectivity index (χ4v) is 2.47. The molecule has 0 saturated heterocycles. The summed E-state index contributed by atoms with van der Waals surface area (Å²) in [5, 5.41) is 19.4. The first kappa shape index (κ1) is 17.3. The summed E-state index contributed by atoms with van der Waals surface area (Å²) in [5.74, 6) is 0.292. The number of benzene rings is 1. The summed E-state index contributed by atoms with van der Waals surface area (Å²) in [6.07, 6.45) is -0.384. The second-order valence-electron chi connectivity index (χ2n) is 6.02. The van der Waals surface area contributed by atoms with Gasteiger partial charge in [0, 0.05) is 0 Å². The van der Waals surface area contributed by atoms with Crippen LogP contribution in [0, 0.1) is 12.3 Å². The summed E-state index contributed by atoms with van der Waals surface area (Å²) in [5.41, 5.74) is 1.11. The molecule has 1 aromatic carbocycles. The number of aliphatic carboxylic acids is 1. The lowest BCUT2D eigenvalue weighted by Crippen LogP contribution is -2.20. The van der Waals surface area contributed by atoms with Crippen LogP contribution in [0.2, 0.25) is 0 Å². The fraction of sp³-hybridized carbons (Fsp3) is 0.562. The number of carboxylic acids is 1. The zero-order chi connectivity index (χ0) is 16.2. The number of aliphatic hydroxyl groups excluding tert-OH is 1. The van der Waals surface area contributed by atoms with Gasteiger partial charge in [-0.05, 0) is 42.0 Å². The summed E-state index contributed by atoms with van der Waals surface area (Å²) in [6.45, 7) is 5.55. The number of aryl methyl sites for hydroxylation is 1. The van der Waals surface area contributed by atoms with E-state index in [2.05, 4.69) is 0 Å². The van der Waals surface area contributed by atoms with Crippen molar-refractivity contribution < 1.29 is 24.5 Å². The molecule has 1 aromatic rings. The molecule has 0 saturated carbocycles. The molecule has 0 bridgehead atoms. The number of ether oxygens (including phenoxy) is 2. The Kier molecular flexibility index (Phi) is 5.61. The second-order valence-corrected chi connectivity index (χ2v) is 6.02. The van der Waals surface area contributed by atoms with Gasteiger partial charge in [-0.3, -0.25) is 4.79 Å². The molecule has 2 N–H and O–H groups in total. The minimum absolute atomic E-state index is 0.0103. The molecule has 1 unspecified atom stereocenters. The maximum absolute atomic E-state index is 10.9. The van der Waals surface area contributed by atoms with Crippen LogP contribution in [0.1, 0.15) is 43.9 Å². The standard InChI is InChI=1S/C16H24O5/c1-10-6-13(20-4)14(21-5)7-11(10)12(17)8-16(2,3)9-15(18)19/h6-7,12,17H,8-9H2,1-5H3,(H,18,19). The highest BCUT2D eigenvalue weighted by molar-refractivity contribution is 5.67. The van der Waals surface area contributed by atoms with E-state index in [0.717, 1.165) is 11.1 Å². The van der Waals surface area contributed by atoms with Crippen molar-refractivity contribution in [3.8, 4) is 11.5 Å². The molecule has 5 heteroatoms. The van der Waals surface area contributed by atoms with Gasteiger partial charge in [-0.25, -0.2) is 0 Å². The third-order valence-electron chi connectivity index (χ3n) is 3.51. The first-order valence-electron chi connectivity index (χ1n) is 6.82. The quantitative estimate of drug-likeness (QED) is 0.809. The molecule has 0 fully saturated rings. The van der Waals surface area contributed by atoms with Gasteiger partial charge < -0.3 is 19.7 Å². The van der Waals surface area contributed by atoms with Crippen LogP contribution in [0.5, 0.6) is 11.5 Å². The molecule has 0 radical (unpaired) electrons. The number of hydrogen-bond donors (Lipinski definition) is 2. The fourth-order valence-electron chi connectivity index (χ4n) is 2.47. The highest BCUT2D eigenvalue weighted by atomic mass is 16.5. The number of aliphatic hydroxyl groups is 1. The van der Waals surface area contributed by atoms with Crippen LogP contribution in [-0.2, 0) is 4.79 Å². The van der Waals surface area contributed by atoms with E-state index in [9.17, 15) is 9.90 Å². The lowest BCUT2D eigenvalue weighted by atomic mass is 9.81. The Labute approximate surface area is 125 Å². The van der Waals surface area contributed by atoms with Gasteiger partial charge in [0.25, 0.3) is 0 Å². The van der Waals surface area contributed by atoms with E-state index in [0.29, 0.717) is 17.9 Å². The summed E-state index contributed by atoms with van der Waals surface area (Å²) in [4.78, 5) is 10.9. The zero-order valence-corrected chi connectivity index (χ0v) is 13.3. The van der Waals surface area contributed by atoms with Crippen LogP contribution in [0.3, 0.4) is 0 Å². The van der Waals surface area contributed by atoms with Crippen molar-refractivity contribution in [3.63, 3.8) is 0 Å². The normalized spacial score (nSPS) is 12.9. The molecule has 0 heterocycles. The van der Waals surface area contributed by atoms with Gasteiger partial charge >= 0.3 is 5.97 Å². The van der Waals surface area contributed by atoms with Crippen LogP contribution in [0.15, 0.2) is 12.1 Å². The Morgan fingerprint density at radius 1 is 1.24 bits per heavy atom. The van der Waals surface area contributed by atoms with Crippen LogP contribution in [-0.4, -0.2) is 30.4 Å². The highest BCUT2D eigenvalue weighted by Gasteiger charge is 2.27. The lowest BCUT2D eigenvalue weighted by Gasteiger charge is -2.27. The molecule has 0 aliphatic rings. The van der Waals surface area contributed by atoms with Crippen LogP contribution < -0.4 is 9.47 Å². The summed E-state index contributed by atoms with van der Waals surface area (Å²) in [7, 11) is 3.10. The van der Waals surface area contributed by atoms with Gasteiger partial charge in [-0.15, -0.1) is 0 Å². The van der Waals surface area contributed by atoms with E-state index >= 15 is 0 Å². The Bertz CT molecular complexity index is 508. The second kappa shape index (κ2) is 6.80. The molecule has 118 valence electrons. The average Bonchev–Trinajstić information content (AvgIpc) is 2.35. The van der Waals surface area contributed by atoms with E-state index in [1.165, 1.54) is 7.11 Å². The molecule has 21 heavy (non-hydrogen) atoms. The lowest BCUT2D eigenvalue weighted by molar-refractivity contribution is -0.139. The van der Waals surface area contributed by atoms with Gasteiger partial charge in [0.2, 0.25) is 0 Å². The minimum Gasteiger partial charge on any atom is -0.493 e. The van der Waals surface area contributed by atoms with Gasteiger partial charge in [0.15, 0.2) is 11.5 Å². The van der Waals surface area contributed by atoms with Crippen LogP contribution in [0.25, 0.3) is 0 Å². The summed E-state index contributed by atoms with van der Waals surface area (Å²) < 4.78 is 10.5. The Morgan fingerprint density at radius 3 is 2.24 bits per heavy atom. The number of carbonyl (C=O) groups is 1. The third-order valence-corrected chi connectivity index (χ3v) is 3.51. The van der Waals surface area contributed by atoms with E-state index in [-0.39, 0.29) is 6.42 Å². The van der Waals surface area contributed by atoms with E-state index in [4.69, 9.17) is 14.6 Å². The first-order valence-corrected chi connectivity index (χ1v) is 6.82. The average molecular weight is 296 g/mol. The van der Waals surface area contributed by atoms with Crippen LogP contribution >= 0.6 is 0 Å². The SMILES string of the molecule is COc1cc(C)c(C(O)CC(C)(C)CC(=O)O)cc1OC. The smallest absolute Gasteiger partial charge is 0.303 e. The Morgan fingerprint density at radius 2 is 1.76 bits per heavy atom. The van der Waals surface area contributed by atoms with Crippen molar-refractivity contribution >= 4 is 5.97 Å². The first-order chi connectivity index (χ1) is 9.70. The Hall–Kier alpha value is -1.75. The summed E-state index contributed by atoms with van der Waals surface area (Å²) in [6, 6.07) is 3.55. The molecule has 5 nitrogen and oxygen atoms in total. The van der Waals surface area contributed by atoms with E-state index in [1.54, 1.807) is 13.2 Å². The van der Waals surface area contributed by atoms with Crippen molar-refractivity contribution in [2.24, 2.45) is 5.41 Å². The molecule has 1 rings (SSSR count). The van der Waals surface area contributed by atoms with Gasteiger partial charge in [-0.1, -0.05) is 13.8 Å². The van der Waals surface area contributed by atoms with E-state index < -0.39 is 17.5 Å². The van der Waals surface area contributed by atoms with E-state index in [1.807, 2.05) is 26.8 Å². The van der Waals surface area contributed by atoms with Crippen LogP contribution in [0.4, 0.5) is 0 Å². The maximum Gasteiger partial charge on any atom is 0.303 e. The van der Waals surface area contributed by atoms with Gasteiger partial charge in [0.05, 0.1) is 26.7 Å². The topological polar surface area (TPSA) is 76.0 Å². The molecular weight excluding hydrogens is 272 g/mol.